The lowest BCUT2D eigenvalue weighted by atomic mass is 9.33. The molecule has 7 heteroatoms. The molecule has 1 aromatic carbocycles. The van der Waals surface area contributed by atoms with E-state index < -0.39 is 22.9 Å². The molecule has 0 aromatic heterocycles. The number of fused-ring (bicyclic) bond motifs is 7. The first-order valence-corrected chi connectivity index (χ1v) is 19.2. The van der Waals surface area contributed by atoms with Crippen molar-refractivity contribution >= 4 is 23.6 Å². The Hall–Kier alpha value is -2.96. The van der Waals surface area contributed by atoms with Crippen molar-refractivity contribution in [1.82, 2.24) is 5.32 Å². The standard InChI is InChI=1S/C43H61NO6/c1-25(2)34-29(45)23-43(44-36(47)27-13-11-12-26(3)22-27)21-20-41(9)28(35(34)43)14-15-31-40(8)18-17-32(50-33(46)24-38(4,5)37(48)49)39(6,7)30(40)16-19-42(31,41)10/h11-13,22,25,28,30-32H,14-21,23-24H2,1-10H3,(H,44,47)(H,48,49)/t28?,30?,31?,32-,40-,41+,42?,43+/m0/s1. The number of aryl methyl sites for hydroxylation is 1. The number of aliphatic carboxylic acids is 1. The molecule has 7 nitrogen and oxygen atoms in total. The van der Waals surface area contributed by atoms with Crippen LogP contribution in [-0.2, 0) is 19.1 Å². The van der Waals surface area contributed by atoms with Crippen LogP contribution >= 0.6 is 0 Å². The van der Waals surface area contributed by atoms with Crippen molar-refractivity contribution in [3.63, 3.8) is 0 Å². The van der Waals surface area contributed by atoms with E-state index in [-0.39, 0.29) is 57.7 Å². The van der Waals surface area contributed by atoms with E-state index in [0.717, 1.165) is 62.5 Å². The quantitative estimate of drug-likeness (QED) is 0.277. The number of benzene rings is 1. The molecule has 0 radical (unpaired) electrons. The smallest absolute Gasteiger partial charge is 0.309 e. The fraction of sp³-hybridized carbons (Fsp3) is 0.721. The molecule has 0 spiro atoms. The molecule has 4 fully saturated rings. The van der Waals surface area contributed by atoms with Gasteiger partial charge in [-0.15, -0.1) is 0 Å². The topological polar surface area (TPSA) is 110 Å². The van der Waals surface area contributed by atoms with Crippen molar-refractivity contribution in [2.75, 3.05) is 0 Å². The minimum atomic E-state index is -1.17. The first-order chi connectivity index (χ1) is 23.1. The predicted molar refractivity (Wildman–Crippen MR) is 194 cm³/mol. The molecule has 8 atom stereocenters. The van der Waals surface area contributed by atoms with Gasteiger partial charge in [0.15, 0.2) is 5.78 Å². The average Bonchev–Trinajstić information content (AvgIpc) is 3.30. The van der Waals surface area contributed by atoms with Crippen LogP contribution in [0.5, 0.6) is 0 Å². The molecule has 1 amide bonds. The molecule has 0 heterocycles. The third-order valence-corrected chi connectivity index (χ3v) is 15.4. The molecular formula is C43H61NO6. The Labute approximate surface area is 299 Å². The van der Waals surface area contributed by atoms with E-state index in [4.69, 9.17) is 4.74 Å². The first-order valence-electron chi connectivity index (χ1n) is 19.2. The van der Waals surface area contributed by atoms with Crippen molar-refractivity contribution in [2.45, 2.75) is 145 Å². The van der Waals surface area contributed by atoms with Crippen molar-refractivity contribution in [1.29, 1.82) is 0 Å². The normalized spacial score (nSPS) is 37.7. The van der Waals surface area contributed by atoms with Crippen LogP contribution in [0.2, 0.25) is 0 Å². The molecule has 274 valence electrons. The number of amides is 1. The zero-order valence-electron chi connectivity index (χ0n) is 32.3. The molecule has 4 saturated carbocycles. The van der Waals surface area contributed by atoms with Gasteiger partial charge in [-0.3, -0.25) is 19.2 Å². The van der Waals surface area contributed by atoms with Gasteiger partial charge in [-0.2, -0.15) is 0 Å². The molecule has 5 aliphatic carbocycles. The highest BCUT2D eigenvalue weighted by Gasteiger charge is 2.70. The van der Waals surface area contributed by atoms with Gasteiger partial charge >= 0.3 is 11.9 Å². The summed E-state index contributed by atoms with van der Waals surface area (Å²) in [5, 5.41) is 13.1. The molecule has 4 unspecified atom stereocenters. The SMILES string of the molecule is Cc1cccc(C(=O)N[C@@]23CC[C@]4(C)C(CCC5C4(C)CCC4C(C)(C)[C@@H](OC(=O)CC(C)(C)C(=O)O)CC[C@@]45C)C2=C(C(C)C)C(=O)C3)c1. The highest BCUT2D eigenvalue weighted by atomic mass is 16.5. The van der Waals surface area contributed by atoms with Crippen LogP contribution in [-0.4, -0.2) is 40.4 Å². The Balaban J connectivity index is 1.30. The summed E-state index contributed by atoms with van der Waals surface area (Å²) in [7, 11) is 0. The van der Waals surface area contributed by atoms with Crippen molar-refractivity contribution in [3.8, 4) is 0 Å². The third-order valence-electron chi connectivity index (χ3n) is 15.4. The van der Waals surface area contributed by atoms with Crippen molar-refractivity contribution in [3.05, 3.63) is 46.5 Å². The molecule has 0 aliphatic heterocycles. The van der Waals surface area contributed by atoms with E-state index in [9.17, 15) is 24.3 Å². The van der Waals surface area contributed by atoms with E-state index in [1.54, 1.807) is 13.8 Å². The summed E-state index contributed by atoms with van der Waals surface area (Å²) in [5.74, 6) is -0.146. The second-order valence-electron chi connectivity index (χ2n) is 19.3. The van der Waals surface area contributed by atoms with E-state index in [0.29, 0.717) is 23.8 Å². The third kappa shape index (κ3) is 5.41. The van der Waals surface area contributed by atoms with Gasteiger partial charge in [0, 0.05) is 17.4 Å². The van der Waals surface area contributed by atoms with Gasteiger partial charge in [0.05, 0.1) is 17.4 Å². The van der Waals surface area contributed by atoms with Crippen LogP contribution < -0.4 is 5.32 Å². The van der Waals surface area contributed by atoms with Gasteiger partial charge in [0.1, 0.15) is 6.10 Å². The fourth-order valence-electron chi connectivity index (χ4n) is 12.7. The molecule has 0 bridgehead atoms. The number of hydrogen-bond donors (Lipinski definition) is 2. The number of carboxylic acid groups (broad SMARTS) is 1. The summed E-state index contributed by atoms with van der Waals surface area (Å²) in [6.45, 7) is 21.5. The molecule has 6 rings (SSSR count). The van der Waals surface area contributed by atoms with Crippen LogP contribution in [0.25, 0.3) is 0 Å². The van der Waals surface area contributed by atoms with Crippen LogP contribution in [0.1, 0.15) is 142 Å². The van der Waals surface area contributed by atoms with Gasteiger partial charge in [-0.1, -0.05) is 66.2 Å². The Morgan fingerprint density at radius 3 is 2.28 bits per heavy atom. The lowest BCUT2D eigenvalue weighted by Crippen LogP contribution is -2.67. The van der Waals surface area contributed by atoms with Crippen molar-refractivity contribution < 1.29 is 29.0 Å². The van der Waals surface area contributed by atoms with Crippen LogP contribution in [0.3, 0.4) is 0 Å². The lowest BCUT2D eigenvalue weighted by molar-refractivity contribution is -0.232. The maximum atomic E-state index is 14.0. The minimum absolute atomic E-state index is 0.0303. The zero-order chi connectivity index (χ0) is 36.8. The largest absolute Gasteiger partial charge is 0.481 e. The monoisotopic (exact) mass is 687 g/mol. The van der Waals surface area contributed by atoms with E-state index in [1.165, 1.54) is 5.57 Å². The Morgan fingerprint density at radius 1 is 0.940 bits per heavy atom. The maximum Gasteiger partial charge on any atom is 0.309 e. The van der Waals surface area contributed by atoms with E-state index >= 15 is 0 Å². The number of ether oxygens (including phenoxy) is 1. The summed E-state index contributed by atoms with van der Waals surface area (Å²) in [6, 6.07) is 7.73. The summed E-state index contributed by atoms with van der Waals surface area (Å²) in [4.78, 5) is 52.6. The van der Waals surface area contributed by atoms with Gasteiger partial charge < -0.3 is 15.2 Å². The number of nitrogens with one attached hydrogen (secondary N) is 1. The van der Waals surface area contributed by atoms with E-state index in [1.807, 2.05) is 31.2 Å². The lowest BCUT2D eigenvalue weighted by Gasteiger charge is -2.72. The molecule has 1 aromatic rings. The Morgan fingerprint density at radius 2 is 1.64 bits per heavy atom. The number of allylic oxidation sites excluding steroid dienone is 1. The Kier molecular flexibility index (Phi) is 8.87. The summed E-state index contributed by atoms with van der Waals surface area (Å²) in [5.41, 5.74) is 1.91. The number of carbonyl (C=O) groups excluding carboxylic acids is 3. The average molecular weight is 688 g/mol. The molecule has 2 N–H and O–H groups in total. The molecular weight excluding hydrogens is 626 g/mol. The second kappa shape index (κ2) is 12.0. The molecule has 50 heavy (non-hydrogen) atoms. The number of rotatable bonds is 7. The number of ketones is 1. The van der Waals surface area contributed by atoms with Gasteiger partial charge in [0.25, 0.3) is 5.91 Å². The summed E-state index contributed by atoms with van der Waals surface area (Å²) >= 11 is 0. The highest BCUT2D eigenvalue weighted by Crippen LogP contribution is 2.76. The first kappa shape index (κ1) is 36.8. The van der Waals surface area contributed by atoms with Crippen LogP contribution in [0, 0.1) is 57.7 Å². The highest BCUT2D eigenvalue weighted by molar-refractivity contribution is 6.03. The molecule has 5 aliphatic rings. The zero-order valence-corrected chi connectivity index (χ0v) is 32.3. The minimum Gasteiger partial charge on any atom is -0.481 e. The van der Waals surface area contributed by atoms with Crippen LogP contribution in [0.15, 0.2) is 35.4 Å². The predicted octanol–water partition coefficient (Wildman–Crippen LogP) is 8.87. The number of carboxylic acids is 1. The molecule has 0 saturated heterocycles. The summed E-state index contributed by atoms with van der Waals surface area (Å²) < 4.78 is 6.15. The van der Waals surface area contributed by atoms with Gasteiger partial charge in [-0.25, -0.2) is 0 Å². The van der Waals surface area contributed by atoms with Crippen molar-refractivity contribution in [2.24, 2.45) is 50.7 Å². The second-order valence-corrected chi connectivity index (χ2v) is 19.3. The fourth-order valence-corrected chi connectivity index (χ4v) is 12.7. The Bertz CT molecular complexity index is 1640. The number of carbonyl (C=O) groups is 4. The van der Waals surface area contributed by atoms with Gasteiger partial charge in [0.2, 0.25) is 0 Å². The number of hydrogen-bond acceptors (Lipinski definition) is 5. The number of esters is 1. The van der Waals surface area contributed by atoms with E-state index in [2.05, 4.69) is 53.8 Å². The summed E-state index contributed by atoms with van der Waals surface area (Å²) in [6.07, 6.45) is 7.64. The van der Waals surface area contributed by atoms with Crippen LogP contribution in [0.4, 0.5) is 0 Å². The van der Waals surface area contributed by atoms with Gasteiger partial charge in [-0.05, 0) is 135 Å². The number of Topliss-reactive ketones (excluding diaryl/α,β-unsaturated/α-hetero) is 1. The maximum absolute atomic E-state index is 14.0.